The molecule has 0 aliphatic carbocycles. The monoisotopic (exact) mass is 330 g/mol. The molecule has 0 aliphatic heterocycles. The van der Waals surface area contributed by atoms with Crippen LogP contribution in [0.3, 0.4) is 0 Å². The average molecular weight is 330 g/mol. The van der Waals surface area contributed by atoms with E-state index >= 15 is 0 Å². The molecule has 0 saturated heterocycles. The number of H-pyrrole nitrogens is 1. The molecule has 23 heavy (non-hydrogen) atoms. The summed E-state index contributed by atoms with van der Waals surface area (Å²) in [7, 11) is 0. The molecule has 0 fully saturated rings. The lowest BCUT2D eigenvalue weighted by Gasteiger charge is -2.10. The van der Waals surface area contributed by atoms with Gasteiger partial charge in [0.25, 0.3) is 5.56 Å². The van der Waals surface area contributed by atoms with Gasteiger partial charge in [-0.15, -0.1) is 0 Å². The van der Waals surface area contributed by atoms with Crippen molar-refractivity contribution in [1.82, 2.24) is 9.97 Å². The van der Waals surface area contributed by atoms with Gasteiger partial charge in [-0.3, -0.25) is 9.59 Å². The molecule has 0 unspecified atom stereocenters. The lowest BCUT2D eigenvalue weighted by molar-refractivity contribution is 0.0994. The highest BCUT2D eigenvalue weighted by Crippen LogP contribution is 2.22. The van der Waals surface area contributed by atoms with E-state index in [1.807, 2.05) is 38.1 Å². The van der Waals surface area contributed by atoms with Crippen LogP contribution in [-0.2, 0) is 12.8 Å². The van der Waals surface area contributed by atoms with Crippen LogP contribution in [0.1, 0.15) is 48.8 Å². The quantitative estimate of drug-likeness (QED) is 0.478. The van der Waals surface area contributed by atoms with Crippen molar-refractivity contribution in [3.8, 4) is 0 Å². The van der Waals surface area contributed by atoms with Crippen LogP contribution >= 0.6 is 11.8 Å². The fraction of sp³-hybridized carbons (Fsp3) is 0.389. The molecule has 4 nitrogen and oxygen atoms in total. The summed E-state index contributed by atoms with van der Waals surface area (Å²) in [6.07, 6.45) is 2.64. The minimum atomic E-state index is -0.303. The largest absolute Gasteiger partial charge is 0.301 e. The Morgan fingerprint density at radius 1 is 1.26 bits per heavy atom. The summed E-state index contributed by atoms with van der Waals surface area (Å²) in [5.41, 5.74) is 2.50. The number of hydrogen-bond acceptors (Lipinski definition) is 4. The topological polar surface area (TPSA) is 62.8 Å². The van der Waals surface area contributed by atoms with E-state index in [4.69, 9.17) is 0 Å². The summed E-state index contributed by atoms with van der Waals surface area (Å²) in [6, 6.07) is 9.20. The highest BCUT2D eigenvalue weighted by Gasteiger charge is 2.18. The Bertz CT molecular complexity index is 723. The number of hydrogen-bond donors (Lipinski definition) is 1. The second-order valence-electron chi connectivity index (χ2n) is 5.47. The third kappa shape index (κ3) is 4.79. The van der Waals surface area contributed by atoms with Crippen LogP contribution < -0.4 is 5.56 Å². The second-order valence-corrected chi connectivity index (χ2v) is 6.80. The molecule has 0 amide bonds. The van der Waals surface area contributed by atoms with Crippen LogP contribution in [0.4, 0.5) is 0 Å². The molecule has 0 aliphatic rings. The molecule has 1 aromatic heterocycles. The molecule has 1 atom stereocenters. The lowest BCUT2D eigenvalue weighted by atomic mass is 10.1. The third-order valence-corrected chi connectivity index (χ3v) is 4.57. The van der Waals surface area contributed by atoms with Gasteiger partial charge in [-0.05, 0) is 25.3 Å². The lowest BCUT2D eigenvalue weighted by Crippen LogP contribution is -2.16. The van der Waals surface area contributed by atoms with Gasteiger partial charge in [0.15, 0.2) is 10.9 Å². The normalized spacial score (nSPS) is 12.1. The maximum Gasteiger partial charge on any atom is 0.251 e. The number of aryl methyl sites for hydroxylation is 2. The molecule has 0 radical (unpaired) electrons. The number of rotatable bonds is 7. The van der Waals surface area contributed by atoms with Crippen molar-refractivity contribution in [3.05, 3.63) is 57.5 Å². The fourth-order valence-corrected chi connectivity index (χ4v) is 3.19. The zero-order valence-corrected chi connectivity index (χ0v) is 14.6. The Morgan fingerprint density at radius 2 is 1.96 bits per heavy atom. The molecule has 1 N–H and O–H groups in total. The van der Waals surface area contributed by atoms with Gasteiger partial charge in [-0.2, -0.15) is 0 Å². The molecule has 1 aromatic carbocycles. The molecular formula is C18H22N2O2S. The van der Waals surface area contributed by atoms with Gasteiger partial charge in [0.1, 0.15) is 0 Å². The van der Waals surface area contributed by atoms with Crippen molar-refractivity contribution in [1.29, 1.82) is 0 Å². The first-order chi connectivity index (χ1) is 11.0. The number of thioether (sulfide) groups is 1. The van der Waals surface area contributed by atoms with Crippen LogP contribution in [0, 0.1) is 0 Å². The van der Waals surface area contributed by atoms with Crippen molar-refractivity contribution in [2.45, 2.75) is 50.4 Å². The molecule has 0 bridgehead atoms. The van der Waals surface area contributed by atoms with E-state index in [2.05, 4.69) is 16.9 Å². The number of carbonyl (C=O) groups excluding carboxylic acids is 1. The Labute approximate surface area is 140 Å². The van der Waals surface area contributed by atoms with Crippen LogP contribution in [-0.4, -0.2) is 21.0 Å². The van der Waals surface area contributed by atoms with E-state index < -0.39 is 0 Å². The summed E-state index contributed by atoms with van der Waals surface area (Å²) < 4.78 is 0. The molecule has 5 heteroatoms. The van der Waals surface area contributed by atoms with E-state index in [0.29, 0.717) is 10.7 Å². The summed E-state index contributed by atoms with van der Waals surface area (Å²) in [4.78, 5) is 31.3. The maximum atomic E-state index is 12.5. The van der Waals surface area contributed by atoms with Crippen molar-refractivity contribution < 1.29 is 4.79 Å². The van der Waals surface area contributed by atoms with Crippen LogP contribution in [0.15, 0.2) is 40.3 Å². The van der Waals surface area contributed by atoms with Crippen LogP contribution in [0.2, 0.25) is 0 Å². The minimum absolute atomic E-state index is 0.0428. The fourth-order valence-electron chi connectivity index (χ4n) is 2.28. The number of benzene rings is 1. The Balaban J connectivity index is 2.12. The number of ketones is 1. The zero-order chi connectivity index (χ0) is 16.8. The average Bonchev–Trinajstić information content (AvgIpc) is 2.54. The van der Waals surface area contributed by atoms with Crippen molar-refractivity contribution >= 4 is 17.5 Å². The van der Waals surface area contributed by atoms with E-state index in [1.54, 1.807) is 0 Å². The highest BCUT2D eigenvalue weighted by molar-refractivity contribution is 8.00. The molecule has 1 heterocycles. The number of Topliss-reactive ketones (excluding diaryl/α,β-unsaturated/α-hetero) is 1. The highest BCUT2D eigenvalue weighted by atomic mass is 32.2. The SMILES string of the molecule is CCCc1cc(=O)[nH]c(S[C@H](C)C(=O)c2ccc(CC)cc2)n1. The van der Waals surface area contributed by atoms with Gasteiger partial charge < -0.3 is 4.98 Å². The van der Waals surface area contributed by atoms with Crippen LogP contribution in [0.25, 0.3) is 0 Å². The minimum Gasteiger partial charge on any atom is -0.301 e. The molecule has 0 saturated carbocycles. The molecule has 2 aromatic rings. The van der Waals surface area contributed by atoms with E-state index in [9.17, 15) is 9.59 Å². The number of nitrogens with zero attached hydrogens (tertiary/aromatic N) is 1. The first kappa shape index (κ1) is 17.5. The molecule has 2 rings (SSSR count). The maximum absolute atomic E-state index is 12.5. The van der Waals surface area contributed by atoms with Gasteiger partial charge in [-0.25, -0.2) is 4.98 Å². The second kappa shape index (κ2) is 8.11. The van der Waals surface area contributed by atoms with Gasteiger partial charge in [0.2, 0.25) is 0 Å². The first-order valence-corrected chi connectivity index (χ1v) is 8.81. The Kier molecular flexibility index (Phi) is 6.16. The summed E-state index contributed by atoms with van der Waals surface area (Å²) in [6.45, 7) is 5.97. The smallest absolute Gasteiger partial charge is 0.251 e. The summed E-state index contributed by atoms with van der Waals surface area (Å²) in [5, 5.41) is 0.203. The molecule has 122 valence electrons. The van der Waals surface area contributed by atoms with Gasteiger partial charge in [0.05, 0.1) is 5.25 Å². The Hall–Kier alpha value is -1.88. The van der Waals surface area contributed by atoms with Crippen LogP contribution in [0.5, 0.6) is 0 Å². The summed E-state index contributed by atoms with van der Waals surface area (Å²) in [5.74, 6) is 0.0428. The van der Waals surface area contributed by atoms with Crippen molar-refractivity contribution in [3.63, 3.8) is 0 Å². The zero-order valence-electron chi connectivity index (χ0n) is 13.8. The number of aromatic nitrogens is 2. The van der Waals surface area contributed by atoms with E-state index in [1.165, 1.54) is 23.4 Å². The van der Waals surface area contributed by atoms with E-state index in [-0.39, 0.29) is 16.6 Å². The van der Waals surface area contributed by atoms with E-state index in [0.717, 1.165) is 25.0 Å². The van der Waals surface area contributed by atoms with Crippen molar-refractivity contribution in [2.24, 2.45) is 0 Å². The summed E-state index contributed by atoms with van der Waals surface area (Å²) >= 11 is 1.29. The number of nitrogens with one attached hydrogen (secondary N) is 1. The predicted molar refractivity (Wildman–Crippen MR) is 94.3 cm³/mol. The van der Waals surface area contributed by atoms with Gasteiger partial charge in [0, 0.05) is 17.3 Å². The van der Waals surface area contributed by atoms with Gasteiger partial charge >= 0.3 is 0 Å². The standard InChI is InChI=1S/C18H22N2O2S/c1-4-6-15-11-16(21)20-18(19-15)23-12(3)17(22)14-9-7-13(5-2)8-10-14/h7-12H,4-6H2,1-3H3,(H,19,20,21)/t12-/m1/s1. The third-order valence-electron chi connectivity index (χ3n) is 3.58. The number of aromatic amines is 1. The van der Waals surface area contributed by atoms with Gasteiger partial charge in [-0.1, -0.05) is 56.3 Å². The molecular weight excluding hydrogens is 308 g/mol. The number of carbonyl (C=O) groups is 1. The predicted octanol–water partition coefficient (Wildman–Crippen LogP) is 3.65. The molecule has 0 spiro atoms. The van der Waals surface area contributed by atoms with Crippen molar-refractivity contribution in [2.75, 3.05) is 0 Å². The first-order valence-electron chi connectivity index (χ1n) is 7.93. The Morgan fingerprint density at radius 3 is 2.57 bits per heavy atom.